The zero-order valence-electron chi connectivity index (χ0n) is 12.8. The van der Waals surface area contributed by atoms with E-state index >= 15 is 0 Å². The van der Waals surface area contributed by atoms with E-state index in [0.717, 1.165) is 24.4 Å². The molecule has 0 amide bonds. The largest absolute Gasteiger partial charge is 0.497 e. The van der Waals surface area contributed by atoms with Crippen LogP contribution in [0.1, 0.15) is 24.4 Å². The van der Waals surface area contributed by atoms with Crippen molar-refractivity contribution in [3.8, 4) is 5.75 Å². The SMILES string of the molecule is COc1ccc2c(c1)N(C)C=CC2NCCCCO[N+](=O)[O-]. The molecule has 0 saturated heterocycles. The number of anilines is 1. The van der Waals surface area contributed by atoms with Crippen LogP contribution < -0.4 is 15.0 Å². The first kappa shape index (κ1) is 16.1. The number of nitrogens with zero attached hydrogens (tertiary/aromatic N) is 2. The predicted octanol–water partition coefficient (Wildman–Crippen LogP) is 2.28. The maximum atomic E-state index is 10.0. The molecule has 0 aromatic heterocycles. The number of rotatable bonds is 8. The van der Waals surface area contributed by atoms with Crippen LogP contribution in [0.25, 0.3) is 0 Å². The molecule has 1 aliphatic rings. The van der Waals surface area contributed by atoms with Gasteiger partial charge in [-0.15, -0.1) is 10.1 Å². The Bertz CT molecular complexity index is 548. The Morgan fingerprint density at radius 2 is 2.23 bits per heavy atom. The Kier molecular flexibility index (Phi) is 5.60. The van der Waals surface area contributed by atoms with Crippen LogP contribution in [0.4, 0.5) is 5.69 Å². The summed E-state index contributed by atoms with van der Waals surface area (Å²) >= 11 is 0. The van der Waals surface area contributed by atoms with Gasteiger partial charge >= 0.3 is 0 Å². The lowest BCUT2D eigenvalue weighted by Crippen LogP contribution is -2.27. The molecule has 0 radical (unpaired) electrons. The Morgan fingerprint density at radius 1 is 1.41 bits per heavy atom. The Labute approximate surface area is 129 Å². The van der Waals surface area contributed by atoms with E-state index in [2.05, 4.69) is 27.2 Å². The second-order valence-electron chi connectivity index (χ2n) is 5.07. The van der Waals surface area contributed by atoms with E-state index in [0.29, 0.717) is 6.42 Å². The van der Waals surface area contributed by atoms with Crippen LogP contribution in [-0.2, 0) is 4.84 Å². The first-order valence-corrected chi connectivity index (χ1v) is 7.21. The summed E-state index contributed by atoms with van der Waals surface area (Å²) in [4.78, 5) is 16.4. The summed E-state index contributed by atoms with van der Waals surface area (Å²) in [5, 5.41) is 12.7. The fraction of sp³-hybridized carbons (Fsp3) is 0.467. The molecule has 7 nitrogen and oxygen atoms in total. The lowest BCUT2D eigenvalue weighted by Gasteiger charge is -2.29. The third kappa shape index (κ3) is 4.11. The van der Waals surface area contributed by atoms with E-state index in [1.54, 1.807) is 7.11 Å². The van der Waals surface area contributed by atoms with E-state index < -0.39 is 5.09 Å². The number of fused-ring (bicyclic) bond motifs is 1. The van der Waals surface area contributed by atoms with Gasteiger partial charge in [-0.1, -0.05) is 6.07 Å². The molecule has 22 heavy (non-hydrogen) atoms. The van der Waals surface area contributed by atoms with Crippen molar-refractivity contribution in [2.75, 3.05) is 32.2 Å². The predicted molar refractivity (Wildman–Crippen MR) is 83.5 cm³/mol. The van der Waals surface area contributed by atoms with Crippen LogP contribution in [0, 0.1) is 10.1 Å². The van der Waals surface area contributed by atoms with Crippen molar-refractivity contribution in [2.24, 2.45) is 0 Å². The highest BCUT2D eigenvalue weighted by Gasteiger charge is 2.19. The monoisotopic (exact) mass is 307 g/mol. The van der Waals surface area contributed by atoms with Gasteiger partial charge in [0.15, 0.2) is 0 Å². The van der Waals surface area contributed by atoms with Crippen molar-refractivity contribution in [1.29, 1.82) is 0 Å². The summed E-state index contributed by atoms with van der Waals surface area (Å²) in [5.74, 6) is 0.830. The van der Waals surface area contributed by atoms with Crippen molar-refractivity contribution in [1.82, 2.24) is 5.32 Å². The summed E-state index contributed by atoms with van der Waals surface area (Å²) in [5.41, 5.74) is 2.29. The highest BCUT2D eigenvalue weighted by Crippen LogP contribution is 2.34. The molecular weight excluding hydrogens is 286 g/mol. The van der Waals surface area contributed by atoms with E-state index in [1.165, 1.54) is 5.56 Å². The van der Waals surface area contributed by atoms with Gasteiger partial charge in [-0.2, -0.15) is 0 Å². The molecule has 0 saturated carbocycles. The Balaban J connectivity index is 1.88. The average Bonchev–Trinajstić information content (AvgIpc) is 2.52. The van der Waals surface area contributed by atoms with E-state index in [9.17, 15) is 10.1 Å². The van der Waals surface area contributed by atoms with Crippen molar-refractivity contribution in [3.05, 3.63) is 46.2 Å². The van der Waals surface area contributed by atoms with Gasteiger partial charge in [0, 0.05) is 25.0 Å². The molecule has 0 fully saturated rings. The Morgan fingerprint density at radius 3 is 2.95 bits per heavy atom. The molecule has 1 aromatic rings. The van der Waals surface area contributed by atoms with Crippen molar-refractivity contribution in [3.63, 3.8) is 0 Å². The van der Waals surface area contributed by atoms with Gasteiger partial charge in [0.25, 0.3) is 5.09 Å². The molecule has 0 bridgehead atoms. The fourth-order valence-corrected chi connectivity index (χ4v) is 2.42. The van der Waals surface area contributed by atoms with Crippen LogP contribution in [-0.4, -0.2) is 32.4 Å². The standard InChI is InChI=1S/C15H21N3O4/c1-17-9-7-14(16-8-3-4-10-22-18(19)20)13-6-5-12(21-2)11-15(13)17/h5-7,9,11,14,16H,3-4,8,10H2,1-2H3. The maximum absolute atomic E-state index is 10.0. The molecule has 1 aromatic carbocycles. The maximum Gasteiger partial charge on any atom is 0.294 e. The summed E-state index contributed by atoms with van der Waals surface area (Å²) in [7, 11) is 3.66. The molecule has 120 valence electrons. The van der Waals surface area contributed by atoms with Crippen molar-refractivity contribution >= 4 is 5.69 Å². The van der Waals surface area contributed by atoms with Gasteiger partial charge < -0.3 is 19.8 Å². The smallest absolute Gasteiger partial charge is 0.294 e. The lowest BCUT2D eigenvalue weighted by atomic mass is 10.0. The van der Waals surface area contributed by atoms with Gasteiger partial charge in [-0.25, -0.2) is 0 Å². The van der Waals surface area contributed by atoms with Crippen LogP contribution in [0.5, 0.6) is 5.75 Å². The number of hydrogen-bond acceptors (Lipinski definition) is 6. The minimum absolute atomic E-state index is 0.133. The molecule has 1 atom stereocenters. The number of ether oxygens (including phenoxy) is 1. The first-order valence-electron chi connectivity index (χ1n) is 7.21. The molecule has 1 N–H and O–H groups in total. The summed E-state index contributed by atoms with van der Waals surface area (Å²) in [6.45, 7) is 0.914. The molecule has 0 spiro atoms. The van der Waals surface area contributed by atoms with Crippen molar-refractivity contribution in [2.45, 2.75) is 18.9 Å². The third-order valence-electron chi connectivity index (χ3n) is 3.59. The van der Waals surface area contributed by atoms with Crippen molar-refractivity contribution < 1.29 is 14.7 Å². The highest BCUT2D eigenvalue weighted by molar-refractivity contribution is 5.62. The van der Waals surface area contributed by atoms with Gasteiger partial charge in [-0.3, -0.25) is 0 Å². The van der Waals surface area contributed by atoms with Crippen LogP contribution >= 0.6 is 0 Å². The molecule has 0 aliphatic carbocycles. The van der Waals surface area contributed by atoms with Gasteiger partial charge in [0.2, 0.25) is 0 Å². The molecule has 1 aliphatic heterocycles. The minimum Gasteiger partial charge on any atom is -0.497 e. The normalized spacial score (nSPS) is 16.3. The molecule has 2 rings (SSSR count). The number of hydrogen-bond donors (Lipinski definition) is 1. The van der Waals surface area contributed by atoms with E-state index in [1.807, 2.05) is 25.4 Å². The lowest BCUT2D eigenvalue weighted by molar-refractivity contribution is -0.757. The van der Waals surface area contributed by atoms with Crippen LogP contribution in [0.3, 0.4) is 0 Å². The van der Waals surface area contributed by atoms with Gasteiger partial charge in [0.05, 0.1) is 19.8 Å². The molecule has 1 unspecified atom stereocenters. The molecular formula is C15H21N3O4. The van der Waals surface area contributed by atoms with E-state index in [4.69, 9.17) is 4.74 Å². The summed E-state index contributed by atoms with van der Waals surface area (Å²) in [6.07, 6.45) is 5.59. The van der Waals surface area contributed by atoms with Crippen LogP contribution in [0.2, 0.25) is 0 Å². The Hall–Kier alpha value is -2.28. The minimum atomic E-state index is -0.753. The zero-order chi connectivity index (χ0) is 15.9. The van der Waals surface area contributed by atoms with E-state index in [-0.39, 0.29) is 12.6 Å². The summed E-state index contributed by atoms with van der Waals surface area (Å²) in [6, 6.07) is 6.15. The number of nitrogens with one attached hydrogen (secondary N) is 1. The topological polar surface area (TPSA) is 76.9 Å². The molecule has 7 heteroatoms. The third-order valence-corrected chi connectivity index (χ3v) is 3.59. The van der Waals surface area contributed by atoms with Gasteiger partial charge in [-0.05, 0) is 37.1 Å². The number of unbranched alkanes of at least 4 members (excludes halogenated alkanes) is 1. The molecule has 1 heterocycles. The highest BCUT2D eigenvalue weighted by atomic mass is 16.9. The number of methoxy groups -OCH3 is 1. The fourth-order valence-electron chi connectivity index (χ4n) is 2.42. The second-order valence-corrected chi connectivity index (χ2v) is 5.07. The first-order chi connectivity index (χ1) is 10.6. The van der Waals surface area contributed by atoms with Gasteiger partial charge in [0.1, 0.15) is 5.75 Å². The second kappa shape index (κ2) is 7.65. The average molecular weight is 307 g/mol. The quantitative estimate of drug-likeness (QED) is 0.451. The zero-order valence-corrected chi connectivity index (χ0v) is 12.8. The number of benzene rings is 1. The summed E-state index contributed by atoms with van der Waals surface area (Å²) < 4.78 is 5.27. The van der Waals surface area contributed by atoms with Crippen LogP contribution in [0.15, 0.2) is 30.5 Å².